The van der Waals surface area contributed by atoms with E-state index < -0.39 is 0 Å². The SMILES string of the molecule is COC(Cn1nnnc1SCCCSC)OC. The Balaban J connectivity index is 2.42. The molecule has 0 aliphatic rings. The van der Waals surface area contributed by atoms with Crippen LogP contribution in [0.1, 0.15) is 6.42 Å². The fourth-order valence-corrected chi connectivity index (χ4v) is 2.61. The van der Waals surface area contributed by atoms with E-state index in [2.05, 4.69) is 21.8 Å². The Morgan fingerprint density at radius 3 is 2.71 bits per heavy atom. The number of ether oxygens (including phenoxy) is 2. The molecule has 0 aliphatic carbocycles. The Hall–Kier alpha value is -0.310. The van der Waals surface area contributed by atoms with Crippen LogP contribution in [-0.2, 0) is 16.0 Å². The van der Waals surface area contributed by atoms with Crippen molar-refractivity contribution >= 4 is 23.5 Å². The van der Waals surface area contributed by atoms with Crippen molar-refractivity contribution in [1.82, 2.24) is 20.2 Å². The van der Waals surface area contributed by atoms with E-state index in [1.165, 1.54) is 0 Å². The molecule has 0 bridgehead atoms. The van der Waals surface area contributed by atoms with E-state index in [-0.39, 0.29) is 6.29 Å². The lowest BCUT2D eigenvalue weighted by Gasteiger charge is -2.13. The van der Waals surface area contributed by atoms with Crippen LogP contribution in [0.4, 0.5) is 0 Å². The lowest BCUT2D eigenvalue weighted by Crippen LogP contribution is -2.21. The highest BCUT2D eigenvalue weighted by Gasteiger charge is 2.12. The molecule has 1 heterocycles. The molecule has 0 saturated carbocycles. The lowest BCUT2D eigenvalue weighted by molar-refractivity contribution is -0.113. The standard InChI is InChI=1S/C9H18N4O2S2/c1-14-8(15-2)7-13-9(10-11-12-13)17-6-4-5-16-3/h8H,4-7H2,1-3H3. The molecule has 0 amide bonds. The van der Waals surface area contributed by atoms with Crippen LogP contribution >= 0.6 is 23.5 Å². The zero-order valence-electron chi connectivity index (χ0n) is 10.3. The Morgan fingerprint density at radius 1 is 1.29 bits per heavy atom. The predicted molar refractivity (Wildman–Crippen MR) is 69.3 cm³/mol. The highest BCUT2D eigenvalue weighted by Crippen LogP contribution is 2.16. The number of rotatable bonds is 9. The maximum Gasteiger partial charge on any atom is 0.209 e. The maximum absolute atomic E-state index is 5.12. The number of nitrogens with zero attached hydrogens (tertiary/aromatic N) is 4. The molecule has 1 rings (SSSR count). The van der Waals surface area contributed by atoms with Crippen molar-refractivity contribution in [2.24, 2.45) is 0 Å². The van der Waals surface area contributed by atoms with E-state index in [9.17, 15) is 0 Å². The van der Waals surface area contributed by atoms with Crippen LogP contribution < -0.4 is 0 Å². The third-order valence-corrected chi connectivity index (χ3v) is 3.81. The zero-order valence-corrected chi connectivity index (χ0v) is 12.0. The van der Waals surface area contributed by atoms with Gasteiger partial charge in [-0.25, -0.2) is 4.68 Å². The van der Waals surface area contributed by atoms with E-state index in [0.717, 1.165) is 23.1 Å². The van der Waals surface area contributed by atoms with Crippen LogP contribution in [0.2, 0.25) is 0 Å². The predicted octanol–water partition coefficient (Wildman–Crippen LogP) is 1.14. The van der Waals surface area contributed by atoms with Gasteiger partial charge in [-0.15, -0.1) is 5.10 Å². The van der Waals surface area contributed by atoms with E-state index in [1.54, 1.807) is 30.7 Å². The summed E-state index contributed by atoms with van der Waals surface area (Å²) in [5.41, 5.74) is 0. The topological polar surface area (TPSA) is 62.1 Å². The first-order valence-corrected chi connectivity index (χ1v) is 7.63. The van der Waals surface area contributed by atoms with Crippen LogP contribution in [0.5, 0.6) is 0 Å². The molecule has 0 aromatic carbocycles. The fourth-order valence-electron chi connectivity index (χ4n) is 1.17. The molecule has 1 aromatic heterocycles. The van der Waals surface area contributed by atoms with Crippen LogP contribution in [0.3, 0.4) is 0 Å². The average Bonchev–Trinajstić information content (AvgIpc) is 2.79. The van der Waals surface area contributed by atoms with Crippen molar-refractivity contribution in [2.75, 3.05) is 32.0 Å². The molecular formula is C9H18N4O2S2. The highest BCUT2D eigenvalue weighted by atomic mass is 32.2. The third-order valence-electron chi connectivity index (χ3n) is 2.07. The van der Waals surface area contributed by atoms with Crippen molar-refractivity contribution in [3.8, 4) is 0 Å². The molecule has 8 heteroatoms. The van der Waals surface area contributed by atoms with E-state index in [0.29, 0.717) is 6.54 Å². The molecule has 0 unspecified atom stereocenters. The van der Waals surface area contributed by atoms with E-state index in [1.807, 2.05) is 11.8 Å². The van der Waals surface area contributed by atoms with E-state index >= 15 is 0 Å². The minimum absolute atomic E-state index is 0.316. The molecular weight excluding hydrogens is 260 g/mol. The van der Waals surface area contributed by atoms with Gasteiger partial charge in [0.1, 0.15) is 0 Å². The summed E-state index contributed by atoms with van der Waals surface area (Å²) in [6.45, 7) is 0.505. The van der Waals surface area contributed by atoms with Crippen LogP contribution in [0.15, 0.2) is 5.16 Å². The number of hydrogen-bond acceptors (Lipinski definition) is 7. The second kappa shape index (κ2) is 8.73. The van der Waals surface area contributed by atoms with Crippen LogP contribution in [-0.4, -0.2) is 58.5 Å². The Bertz CT molecular complexity index is 307. The van der Waals surface area contributed by atoms with Crippen molar-refractivity contribution in [2.45, 2.75) is 24.4 Å². The first-order chi connectivity index (χ1) is 8.31. The van der Waals surface area contributed by atoms with Crippen molar-refractivity contribution < 1.29 is 9.47 Å². The largest absolute Gasteiger partial charge is 0.354 e. The van der Waals surface area contributed by atoms with Gasteiger partial charge in [0.2, 0.25) is 5.16 Å². The molecule has 17 heavy (non-hydrogen) atoms. The number of methoxy groups -OCH3 is 2. The summed E-state index contributed by atoms with van der Waals surface area (Å²) < 4.78 is 11.9. The van der Waals surface area contributed by atoms with Crippen molar-refractivity contribution in [1.29, 1.82) is 0 Å². The summed E-state index contributed by atoms with van der Waals surface area (Å²) in [6.07, 6.45) is 2.94. The minimum Gasteiger partial charge on any atom is -0.354 e. The molecule has 0 aliphatic heterocycles. The highest BCUT2D eigenvalue weighted by molar-refractivity contribution is 7.99. The Labute approximate surface area is 110 Å². The average molecular weight is 278 g/mol. The first kappa shape index (κ1) is 14.7. The van der Waals surface area contributed by atoms with E-state index in [4.69, 9.17) is 9.47 Å². The number of tetrazole rings is 1. The first-order valence-electron chi connectivity index (χ1n) is 5.25. The van der Waals surface area contributed by atoms with Crippen molar-refractivity contribution in [3.05, 3.63) is 0 Å². The van der Waals surface area contributed by atoms with Crippen molar-refractivity contribution in [3.63, 3.8) is 0 Å². The summed E-state index contributed by atoms with van der Waals surface area (Å²) in [6, 6.07) is 0. The fraction of sp³-hybridized carbons (Fsp3) is 0.889. The molecule has 98 valence electrons. The van der Waals surface area contributed by atoms with Gasteiger partial charge in [0.25, 0.3) is 0 Å². The summed E-state index contributed by atoms with van der Waals surface area (Å²) >= 11 is 3.51. The minimum atomic E-state index is -0.316. The van der Waals surface area contributed by atoms with Crippen LogP contribution in [0, 0.1) is 0 Å². The third kappa shape index (κ3) is 5.24. The summed E-state index contributed by atoms with van der Waals surface area (Å²) in [7, 11) is 3.20. The molecule has 1 aromatic rings. The molecule has 0 N–H and O–H groups in total. The lowest BCUT2D eigenvalue weighted by atomic mass is 10.6. The van der Waals surface area contributed by atoms with Crippen LogP contribution in [0.25, 0.3) is 0 Å². The normalized spacial score (nSPS) is 11.3. The van der Waals surface area contributed by atoms with Gasteiger partial charge in [-0.2, -0.15) is 11.8 Å². The Morgan fingerprint density at radius 2 is 2.06 bits per heavy atom. The molecule has 0 radical (unpaired) electrons. The Kier molecular flexibility index (Phi) is 7.58. The smallest absolute Gasteiger partial charge is 0.209 e. The van der Waals surface area contributed by atoms with Gasteiger partial charge >= 0.3 is 0 Å². The summed E-state index contributed by atoms with van der Waals surface area (Å²) in [5.74, 6) is 2.18. The molecule has 6 nitrogen and oxygen atoms in total. The molecule has 0 spiro atoms. The maximum atomic E-state index is 5.12. The van der Waals surface area contributed by atoms with Gasteiger partial charge < -0.3 is 9.47 Å². The molecule has 0 atom stereocenters. The van der Waals surface area contributed by atoms with Gasteiger partial charge in [0, 0.05) is 20.0 Å². The zero-order chi connectivity index (χ0) is 12.5. The van der Waals surface area contributed by atoms with Gasteiger partial charge in [0.05, 0.1) is 6.54 Å². The molecule has 0 saturated heterocycles. The second-order valence-electron chi connectivity index (χ2n) is 3.24. The number of thioether (sulfide) groups is 2. The van der Waals surface area contributed by atoms with Gasteiger partial charge in [-0.05, 0) is 28.9 Å². The van der Waals surface area contributed by atoms with Gasteiger partial charge in [0.15, 0.2) is 6.29 Å². The number of hydrogen-bond donors (Lipinski definition) is 0. The summed E-state index contributed by atoms with van der Waals surface area (Å²) in [4.78, 5) is 0. The summed E-state index contributed by atoms with van der Waals surface area (Å²) in [5, 5.41) is 12.4. The monoisotopic (exact) mass is 278 g/mol. The second-order valence-corrected chi connectivity index (χ2v) is 5.29. The quantitative estimate of drug-likeness (QED) is 0.381. The van der Waals surface area contributed by atoms with Gasteiger partial charge in [-0.3, -0.25) is 0 Å². The van der Waals surface area contributed by atoms with Gasteiger partial charge in [-0.1, -0.05) is 11.8 Å². The molecule has 0 fully saturated rings. The number of aromatic nitrogens is 4.